The minimum absolute atomic E-state index is 0.104. The summed E-state index contributed by atoms with van der Waals surface area (Å²) in [6.45, 7) is 6.28. The minimum Gasteiger partial charge on any atom is -0.354 e. The SMILES string of the molecule is CC(C)(C)CNC(=O)[C@H]1CCCCN1S(=O)(=O)c1ccc(C(F)(F)F)cc1Cl. The molecule has 0 unspecified atom stereocenters. The van der Waals surface area contributed by atoms with E-state index < -0.39 is 43.6 Å². The number of hydrogen-bond acceptors (Lipinski definition) is 3. The van der Waals surface area contributed by atoms with Crippen LogP contribution in [0.1, 0.15) is 45.6 Å². The predicted molar refractivity (Wildman–Crippen MR) is 100 cm³/mol. The molecule has 0 radical (unpaired) electrons. The molecule has 28 heavy (non-hydrogen) atoms. The van der Waals surface area contributed by atoms with Crippen LogP contribution in [0.25, 0.3) is 0 Å². The molecule has 2 rings (SSSR count). The molecule has 1 aliphatic rings. The van der Waals surface area contributed by atoms with Gasteiger partial charge in [-0.2, -0.15) is 17.5 Å². The normalized spacial score (nSPS) is 19.5. The van der Waals surface area contributed by atoms with Crippen LogP contribution in [-0.4, -0.2) is 37.8 Å². The highest BCUT2D eigenvalue weighted by molar-refractivity contribution is 7.89. The molecule has 158 valence electrons. The Hall–Kier alpha value is -1.32. The fourth-order valence-corrected chi connectivity index (χ4v) is 5.11. The number of nitrogens with zero attached hydrogens (tertiary/aromatic N) is 1. The zero-order chi connectivity index (χ0) is 21.3. The summed E-state index contributed by atoms with van der Waals surface area (Å²) < 4.78 is 65.7. The van der Waals surface area contributed by atoms with Crippen molar-refractivity contribution in [3.63, 3.8) is 0 Å². The first-order valence-corrected chi connectivity index (χ1v) is 10.7. The molecule has 1 N–H and O–H groups in total. The Morgan fingerprint density at radius 2 is 1.89 bits per heavy atom. The van der Waals surface area contributed by atoms with Crippen LogP contribution in [-0.2, 0) is 21.0 Å². The number of hydrogen-bond donors (Lipinski definition) is 1. The lowest BCUT2D eigenvalue weighted by atomic mass is 9.96. The molecule has 1 heterocycles. The summed E-state index contributed by atoms with van der Waals surface area (Å²) in [5.41, 5.74) is -1.21. The second kappa shape index (κ2) is 8.20. The highest BCUT2D eigenvalue weighted by Gasteiger charge is 2.39. The van der Waals surface area contributed by atoms with Crippen molar-refractivity contribution in [3.05, 3.63) is 28.8 Å². The number of benzene rings is 1. The average Bonchev–Trinajstić information content (AvgIpc) is 2.58. The van der Waals surface area contributed by atoms with Crippen LogP contribution in [0.4, 0.5) is 13.2 Å². The zero-order valence-electron chi connectivity index (χ0n) is 15.9. The lowest BCUT2D eigenvalue weighted by molar-refractivity contribution is -0.137. The van der Waals surface area contributed by atoms with E-state index >= 15 is 0 Å². The minimum atomic E-state index is -4.63. The molecule has 0 aliphatic carbocycles. The Morgan fingerprint density at radius 3 is 2.43 bits per heavy atom. The molecule has 1 aromatic carbocycles. The summed E-state index contributed by atoms with van der Waals surface area (Å²) in [6.07, 6.45) is -3.05. The van der Waals surface area contributed by atoms with Gasteiger partial charge >= 0.3 is 6.18 Å². The summed E-state index contributed by atoms with van der Waals surface area (Å²) in [6, 6.07) is 1.20. The van der Waals surface area contributed by atoms with Crippen LogP contribution in [0.15, 0.2) is 23.1 Å². The fourth-order valence-electron chi connectivity index (χ4n) is 2.94. The van der Waals surface area contributed by atoms with Crippen LogP contribution in [0, 0.1) is 5.41 Å². The summed E-state index contributed by atoms with van der Waals surface area (Å²) in [5, 5.41) is 2.24. The number of carbonyl (C=O) groups is 1. The van der Waals surface area contributed by atoms with E-state index in [9.17, 15) is 26.4 Å². The molecule has 1 aromatic rings. The maximum atomic E-state index is 13.1. The molecule has 1 aliphatic heterocycles. The van der Waals surface area contributed by atoms with Gasteiger partial charge in [0.05, 0.1) is 10.6 Å². The van der Waals surface area contributed by atoms with Gasteiger partial charge in [-0.1, -0.05) is 38.8 Å². The molecule has 10 heteroatoms. The van der Waals surface area contributed by atoms with E-state index in [4.69, 9.17) is 11.6 Å². The van der Waals surface area contributed by atoms with Gasteiger partial charge in [0.1, 0.15) is 10.9 Å². The summed E-state index contributed by atoms with van der Waals surface area (Å²) in [7, 11) is -4.23. The van der Waals surface area contributed by atoms with Gasteiger partial charge in [-0.05, 0) is 36.5 Å². The van der Waals surface area contributed by atoms with Crippen LogP contribution >= 0.6 is 11.6 Å². The Bertz CT molecular complexity index is 835. The first-order chi connectivity index (χ1) is 12.7. The number of piperidine rings is 1. The van der Waals surface area contributed by atoms with E-state index in [1.54, 1.807) is 0 Å². The zero-order valence-corrected chi connectivity index (χ0v) is 17.5. The highest BCUT2D eigenvalue weighted by Crippen LogP contribution is 2.35. The summed E-state index contributed by atoms with van der Waals surface area (Å²) >= 11 is 5.88. The van der Waals surface area contributed by atoms with Gasteiger partial charge in [0, 0.05) is 13.1 Å². The number of alkyl halides is 3. The first kappa shape index (κ1) is 23.0. The Kier molecular flexibility index (Phi) is 6.72. The van der Waals surface area contributed by atoms with E-state index in [1.807, 2.05) is 20.8 Å². The maximum absolute atomic E-state index is 13.1. The molecule has 1 atom stereocenters. The van der Waals surface area contributed by atoms with Gasteiger partial charge in [-0.3, -0.25) is 4.79 Å². The molecule has 5 nitrogen and oxygen atoms in total. The quantitative estimate of drug-likeness (QED) is 0.767. The van der Waals surface area contributed by atoms with Gasteiger partial charge in [0.15, 0.2) is 0 Å². The molecule has 0 spiro atoms. The third kappa shape index (κ3) is 5.39. The molecule has 1 saturated heterocycles. The maximum Gasteiger partial charge on any atom is 0.416 e. The molecule has 1 fully saturated rings. The van der Waals surface area contributed by atoms with E-state index in [1.165, 1.54) is 0 Å². The lowest BCUT2D eigenvalue weighted by Crippen LogP contribution is -2.52. The molecule has 1 amide bonds. The van der Waals surface area contributed by atoms with Gasteiger partial charge in [0.2, 0.25) is 15.9 Å². The van der Waals surface area contributed by atoms with Crippen LogP contribution < -0.4 is 5.32 Å². The third-order valence-electron chi connectivity index (χ3n) is 4.40. The van der Waals surface area contributed by atoms with Gasteiger partial charge in [-0.15, -0.1) is 0 Å². The van der Waals surface area contributed by atoms with Crippen molar-refractivity contribution in [2.75, 3.05) is 13.1 Å². The van der Waals surface area contributed by atoms with Crippen molar-refractivity contribution in [1.82, 2.24) is 9.62 Å². The number of sulfonamides is 1. The van der Waals surface area contributed by atoms with Gasteiger partial charge in [-0.25, -0.2) is 8.42 Å². The van der Waals surface area contributed by atoms with Crippen molar-refractivity contribution in [2.24, 2.45) is 5.41 Å². The van der Waals surface area contributed by atoms with E-state index in [2.05, 4.69) is 5.32 Å². The van der Waals surface area contributed by atoms with Crippen LogP contribution in [0.5, 0.6) is 0 Å². The monoisotopic (exact) mass is 440 g/mol. The average molecular weight is 441 g/mol. The number of carbonyl (C=O) groups excluding carboxylic acids is 1. The van der Waals surface area contributed by atoms with E-state index in [-0.39, 0.29) is 12.0 Å². The molecule has 0 bridgehead atoms. The lowest BCUT2D eigenvalue weighted by Gasteiger charge is -2.34. The molecular weight excluding hydrogens is 417 g/mol. The second-order valence-electron chi connectivity index (χ2n) is 8.05. The Morgan fingerprint density at radius 1 is 1.25 bits per heavy atom. The van der Waals surface area contributed by atoms with Crippen molar-refractivity contribution < 1.29 is 26.4 Å². The van der Waals surface area contributed by atoms with Crippen molar-refractivity contribution >= 4 is 27.5 Å². The second-order valence-corrected chi connectivity index (χ2v) is 10.3. The standard InChI is InChI=1S/C18H24ClF3N2O3S/c1-17(2,3)11-23-16(25)14-6-4-5-9-24(14)28(26,27)15-8-7-12(10-13(15)19)18(20,21)22/h7-8,10,14H,4-6,9,11H2,1-3H3,(H,23,25)/t14-/m1/s1. The van der Waals surface area contributed by atoms with Gasteiger partial charge in [0.25, 0.3) is 0 Å². The smallest absolute Gasteiger partial charge is 0.354 e. The number of amides is 1. The first-order valence-electron chi connectivity index (χ1n) is 8.90. The number of rotatable bonds is 4. The molecular formula is C18H24ClF3N2O3S. The topological polar surface area (TPSA) is 66.5 Å². The Labute approximate surface area is 168 Å². The molecule has 0 saturated carbocycles. The van der Waals surface area contributed by atoms with E-state index in [0.29, 0.717) is 37.9 Å². The Balaban J connectivity index is 2.33. The molecule has 0 aromatic heterocycles. The van der Waals surface area contributed by atoms with Crippen LogP contribution in [0.2, 0.25) is 5.02 Å². The fraction of sp³-hybridized carbons (Fsp3) is 0.611. The van der Waals surface area contributed by atoms with Crippen molar-refractivity contribution in [1.29, 1.82) is 0 Å². The van der Waals surface area contributed by atoms with Crippen molar-refractivity contribution in [3.8, 4) is 0 Å². The van der Waals surface area contributed by atoms with Crippen LogP contribution in [0.3, 0.4) is 0 Å². The summed E-state index contributed by atoms with van der Waals surface area (Å²) in [4.78, 5) is 12.2. The number of nitrogens with one attached hydrogen (secondary N) is 1. The third-order valence-corrected chi connectivity index (χ3v) is 6.79. The predicted octanol–water partition coefficient (Wildman–Crippen LogP) is 4.06. The van der Waals surface area contributed by atoms with Crippen molar-refractivity contribution in [2.45, 2.75) is 57.1 Å². The van der Waals surface area contributed by atoms with Gasteiger partial charge < -0.3 is 5.32 Å². The van der Waals surface area contributed by atoms with E-state index in [0.717, 1.165) is 10.4 Å². The largest absolute Gasteiger partial charge is 0.416 e. The number of halogens is 4. The summed E-state index contributed by atoms with van der Waals surface area (Å²) in [5.74, 6) is -0.416. The highest BCUT2D eigenvalue weighted by atomic mass is 35.5.